The van der Waals surface area contributed by atoms with Crippen LogP contribution in [0.25, 0.3) is 0 Å². The molecule has 0 amide bonds. The van der Waals surface area contributed by atoms with Crippen LogP contribution < -0.4 is 11.0 Å². The SMILES string of the molecule is C=CCNc1ccn([C@@H]2O[C@H](CO)[C@@H](O)[C@H]2O)c(=O)n1. The number of aliphatic hydroxyl groups is 3. The number of rotatable bonds is 5. The number of anilines is 1. The average Bonchev–Trinajstić information content (AvgIpc) is 2.73. The van der Waals surface area contributed by atoms with E-state index in [2.05, 4.69) is 16.9 Å². The van der Waals surface area contributed by atoms with Gasteiger partial charge >= 0.3 is 5.69 Å². The molecule has 0 aromatic carbocycles. The first-order valence-corrected chi connectivity index (χ1v) is 6.15. The molecule has 0 unspecified atom stereocenters. The van der Waals surface area contributed by atoms with E-state index in [-0.39, 0.29) is 0 Å². The summed E-state index contributed by atoms with van der Waals surface area (Å²) in [5, 5.41) is 31.4. The molecule has 1 aromatic heterocycles. The molecule has 0 spiro atoms. The van der Waals surface area contributed by atoms with Gasteiger partial charge in [-0.2, -0.15) is 4.98 Å². The molecule has 2 heterocycles. The topological polar surface area (TPSA) is 117 Å². The molecule has 110 valence electrons. The Kier molecular flexibility index (Phi) is 4.50. The van der Waals surface area contributed by atoms with Gasteiger partial charge in [0.1, 0.15) is 24.1 Å². The van der Waals surface area contributed by atoms with Gasteiger partial charge in [-0.25, -0.2) is 4.79 Å². The van der Waals surface area contributed by atoms with Gasteiger partial charge in [-0.1, -0.05) is 6.08 Å². The molecule has 8 nitrogen and oxygen atoms in total. The minimum Gasteiger partial charge on any atom is -0.394 e. The van der Waals surface area contributed by atoms with Crippen LogP contribution >= 0.6 is 0 Å². The van der Waals surface area contributed by atoms with Crippen LogP contribution in [0.4, 0.5) is 5.82 Å². The van der Waals surface area contributed by atoms with Crippen molar-refractivity contribution in [3.05, 3.63) is 35.4 Å². The fourth-order valence-corrected chi connectivity index (χ4v) is 1.99. The smallest absolute Gasteiger partial charge is 0.351 e. The molecule has 0 radical (unpaired) electrons. The lowest BCUT2D eigenvalue weighted by molar-refractivity contribution is -0.0549. The minimum atomic E-state index is -1.31. The zero-order valence-corrected chi connectivity index (χ0v) is 10.7. The molecule has 0 aliphatic carbocycles. The maximum absolute atomic E-state index is 11.9. The zero-order chi connectivity index (χ0) is 14.7. The Bertz CT molecular complexity index is 532. The second kappa shape index (κ2) is 6.14. The van der Waals surface area contributed by atoms with Gasteiger partial charge in [0.2, 0.25) is 0 Å². The Hall–Kier alpha value is -1.74. The van der Waals surface area contributed by atoms with Crippen molar-refractivity contribution in [2.75, 3.05) is 18.5 Å². The highest BCUT2D eigenvalue weighted by Crippen LogP contribution is 2.27. The average molecular weight is 283 g/mol. The Morgan fingerprint density at radius 1 is 1.50 bits per heavy atom. The molecular weight excluding hydrogens is 266 g/mol. The molecule has 0 saturated carbocycles. The van der Waals surface area contributed by atoms with Gasteiger partial charge in [0.05, 0.1) is 6.61 Å². The largest absolute Gasteiger partial charge is 0.394 e. The second-order valence-electron chi connectivity index (χ2n) is 4.40. The summed E-state index contributed by atoms with van der Waals surface area (Å²) in [5.74, 6) is 0.373. The van der Waals surface area contributed by atoms with Crippen molar-refractivity contribution in [2.45, 2.75) is 24.5 Å². The van der Waals surface area contributed by atoms with Crippen molar-refractivity contribution in [2.24, 2.45) is 0 Å². The van der Waals surface area contributed by atoms with Crippen molar-refractivity contribution in [3.63, 3.8) is 0 Å². The van der Waals surface area contributed by atoms with Gasteiger partial charge in [-0.3, -0.25) is 4.57 Å². The van der Waals surface area contributed by atoms with Crippen molar-refractivity contribution in [3.8, 4) is 0 Å². The van der Waals surface area contributed by atoms with Crippen molar-refractivity contribution < 1.29 is 20.1 Å². The lowest BCUT2D eigenvalue weighted by Gasteiger charge is -2.17. The first kappa shape index (κ1) is 14.7. The fourth-order valence-electron chi connectivity index (χ4n) is 1.99. The molecular formula is C12H17N3O5. The van der Waals surface area contributed by atoms with Gasteiger partial charge in [-0.05, 0) is 6.07 Å². The van der Waals surface area contributed by atoms with Crippen LogP contribution in [0.5, 0.6) is 0 Å². The van der Waals surface area contributed by atoms with E-state index in [0.717, 1.165) is 4.57 Å². The van der Waals surface area contributed by atoms with E-state index in [1.54, 1.807) is 12.1 Å². The van der Waals surface area contributed by atoms with Crippen LogP contribution in [0.1, 0.15) is 6.23 Å². The second-order valence-corrected chi connectivity index (χ2v) is 4.40. The first-order chi connectivity index (χ1) is 9.58. The summed E-state index contributed by atoms with van der Waals surface area (Å²) in [6.07, 6.45) is -1.54. The van der Waals surface area contributed by atoms with E-state index in [0.29, 0.717) is 12.4 Å². The Morgan fingerprint density at radius 3 is 2.80 bits per heavy atom. The monoisotopic (exact) mass is 283 g/mol. The van der Waals surface area contributed by atoms with Crippen LogP contribution in [-0.4, -0.2) is 56.3 Å². The maximum atomic E-state index is 11.9. The first-order valence-electron chi connectivity index (χ1n) is 6.15. The highest BCUT2D eigenvalue weighted by Gasteiger charge is 2.43. The number of nitrogens with zero attached hydrogens (tertiary/aromatic N) is 2. The van der Waals surface area contributed by atoms with E-state index in [1.807, 2.05) is 0 Å². The van der Waals surface area contributed by atoms with Crippen molar-refractivity contribution in [1.82, 2.24) is 9.55 Å². The van der Waals surface area contributed by atoms with Gasteiger partial charge in [0.25, 0.3) is 0 Å². The summed E-state index contributed by atoms with van der Waals surface area (Å²) in [4.78, 5) is 15.7. The molecule has 1 aliphatic heterocycles. The lowest BCUT2D eigenvalue weighted by atomic mass is 10.1. The fraction of sp³-hybridized carbons (Fsp3) is 0.500. The molecule has 0 bridgehead atoms. The number of aliphatic hydroxyl groups excluding tert-OH is 3. The highest BCUT2D eigenvalue weighted by atomic mass is 16.6. The summed E-state index contributed by atoms with van der Waals surface area (Å²) in [7, 11) is 0. The molecule has 1 fully saturated rings. The number of hydrogen-bond donors (Lipinski definition) is 4. The minimum absolute atomic E-state index is 0.373. The Labute approximate surface area is 115 Å². The number of nitrogens with one attached hydrogen (secondary N) is 1. The van der Waals surface area contributed by atoms with Crippen molar-refractivity contribution in [1.29, 1.82) is 0 Å². The molecule has 4 atom stereocenters. The summed E-state index contributed by atoms with van der Waals surface area (Å²) in [6.45, 7) is 3.55. The van der Waals surface area contributed by atoms with Gasteiger partial charge < -0.3 is 25.4 Å². The molecule has 2 rings (SSSR count). The van der Waals surface area contributed by atoms with Gasteiger partial charge in [0, 0.05) is 12.7 Å². The van der Waals surface area contributed by atoms with E-state index < -0.39 is 36.8 Å². The standard InChI is InChI=1S/C12H17N3O5/c1-2-4-13-8-3-5-15(12(19)14-8)11-10(18)9(17)7(6-16)20-11/h2-3,5,7,9-11,16-18H,1,4,6H2,(H,13,14,19)/t7-,9-,10-,11-/m1/s1. The van der Waals surface area contributed by atoms with Crippen LogP contribution in [0, 0.1) is 0 Å². The third-order valence-electron chi connectivity index (χ3n) is 3.05. The molecule has 8 heteroatoms. The Morgan fingerprint density at radius 2 is 2.25 bits per heavy atom. The highest BCUT2D eigenvalue weighted by molar-refractivity contribution is 5.32. The van der Waals surface area contributed by atoms with Gasteiger partial charge in [0.15, 0.2) is 6.23 Å². The number of aromatic nitrogens is 2. The van der Waals surface area contributed by atoms with Crippen LogP contribution in [-0.2, 0) is 4.74 Å². The quantitative estimate of drug-likeness (QED) is 0.483. The van der Waals surface area contributed by atoms with E-state index >= 15 is 0 Å². The number of ether oxygens (including phenoxy) is 1. The predicted molar refractivity (Wildman–Crippen MR) is 70.2 cm³/mol. The summed E-state index contributed by atoms with van der Waals surface area (Å²) >= 11 is 0. The van der Waals surface area contributed by atoms with Crippen molar-refractivity contribution >= 4 is 5.82 Å². The predicted octanol–water partition coefficient (Wildman–Crippen LogP) is -1.55. The van der Waals surface area contributed by atoms with E-state index in [9.17, 15) is 15.0 Å². The maximum Gasteiger partial charge on any atom is 0.351 e. The molecule has 1 aliphatic rings. The van der Waals surface area contributed by atoms with Crippen LogP contribution in [0.15, 0.2) is 29.7 Å². The molecule has 4 N–H and O–H groups in total. The normalized spacial score (nSPS) is 29.4. The lowest BCUT2D eigenvalue weighted by Crippen LogP contribution is -2.36. The molecule has 1 aromatic rings. The van der Waals surface area contributed by atoms with E-state index in [4.69, 9.17) is 9.84 Å². The molecule has 1 saturated heterocycles. The zero-order valence-electron chi connectivity index (χ0n) is 10.7. The summed E-state index contributed by atoms with van der Waals surface area (Å²) in [5.41, 5.74) is -0.631. The van der Waals surface area contributed by atoms with E-state index in [1.165, 1.54) is 6.20 Å². The summed E-state index contributed by atoms with van der Waals surface area (Å²) in [6, 6.07) is 1.54. The third-order valence-corrected chi connectivity index (χ3v) is 3.05. The number of hydrogen-bond acceptors (Lipinski definition) is 7. The third kappa shape index (κ3) is 2.73. The van der Waals surface area contributed by atoms with Crippen LogP contribution in [0.3, 0.4) is 0 Å². The Balaban J connectivity index is 2.21. The molecule has 20 heavy (non-hydrogen) atoms. The van der Waals surface area contributed by atoms with Crippen LogP contribution in [0.2, 0.25) is 0 Å². The van der Waals surface area contributed by atoms with Gasteiger partial charge in [-0.15, -0.1) is 6.58 Å². The summed E-state index contributed by atoms with van der Waals surface area (Å²) < 4.78 is 6.33.